The molecule has 1 aliphatic rings. The van der Waals surface area contributed by atoms with Gasteiger partial charge in [-0.05, 0) is 50.1 Å². The number of rotatable bonds is 9. The summed E-state index contributed by atoms with van der Waals surface area (Å²) in [5.41, 5.74) is 1.02. The minimum atomic E-state index is -4.00. The van der Waals surface area contributed by atoms with Crippen molar-refractivity contribution in [2.24, 2.45) is 0 Å². The number of nitrogens with zero attached hydrogens (tertiary/aromatic N) is 1. The summed E-state index contributed by atoms with van der Waals surface area (Å²) in [6, 6.07) is 11.5. The molecule has 0 saturated heterocycles. The van der Waals surface area contributed by atoms with Crippen LogP contribution in [-0.2, 0) is 21.2 Å². The third-order valence-electron chi connectivity index (χ3n) is 4.54. The predicted octanol–water partition coefficient (Wildman–Crippen LogP) is 1.99. The fourth-order valence-corrected chi connectivity index (χ4v) is 4.70. The summed E-state index contributed by atoms with van der Waals surface area (Å²) in [6.45, 7) is 4.53. The smallest absolute Gasteiger partial charge is 0.269 e. The second kappa shape index (κ2) is 9.17. The maximum Gasteiger partial charge on any atom is 0.269 e. The van der Waals surface area contributed by atoms with E-state index in [1.54, 1.807) is 12.1 Å². The lowest BCUT2D eigenvalue weighted by Crippen LogP contribution is -2.40. The number of nitrogens with one attached hydrogen (secondary N) is 1. The second-order valence-electron chi connectivity index (χ2n) is 6.56. The van der Waals surface area contributed by atoms with Crippen molar-refractivity contribution in [2.75, 3.05) is 26.3 Å². The summed E-state index contributed by atoms with van der Waals surface area (Å²) in [7, 11) is -4.00. The summed E-state index contributed by atoms with van der Waals surface area (Å²) in [5.74, 6) is 0.0588. The average Bonchev–Trinajstić information content (AvgIpc) is 2.91. The maximum absolute atomic E-state index is 12.5. The Morgan fingerprint density at radius 1 is 1.03 bits per heavy atom. The molecule has 30 heavy (non-hydrogen) atoms. The van der Waals surface area contributed by atoms with Crippen LogP contribution in [0, 0.1) is 0 Å². The standard InChI is InChI=1S/C21H24N2O6S/c1-3-28-17-10-9-15(13-18(17)29-4-2)11-12-22-20(24)14-23-21(25)16-7-5-6-8-19(16)30(23,26)27/h5-10,13H,3-4,11-12,14H2,1-2H3,(H,22,24). The van der Waals surface area contributed by atoms with E-state index in [0.717, 1.165) is 5.56 Å². The molecule has 1 heterocycles. The Morgan fingerprint density at radius 3 is 2.43 bits per heavy atom. The van der Waals surface area contributed by atoms with Crippen molar-refractivity contribution in [1.82, 2.24) is 9.62 Å². The zero-order valence-corrected chi connectivity index (χ0v) is 17.7. The Bertz CT molecular complexity index is 1050. The number of carbonyl (C=O) groups is 2. The molecule has 2 aromatic rings. The van der Waals surface area contributed by atoms with Gasteiger partial charge in [0.05, 0.1) is 18.8 Å². The van der Waals surface area contributed by atoms with Gasteiger partial charge in [-0.15, -0.1) is 0 Å². The number of ether oxygens (including phenoxy) is 2. The van der Waals surface area contributed by atoms with Gasteiger partial charge in [-0.2, -0.15) is 0 Å². The van der Waals surface area contributed by atoms with E-state index in [0.29, 0.717) is 35.4 Å². The molecule has 1 N–H and O–H groups in total. The van der Waals surface area contributed by atoms with Gasteiger partial charge in [0, 0.05) is 6.54 Å². The molecule has 0 saturated carbocycles. The van der Waals surface area contributed by atoms with E-state index in [-0.39, 0.29) is 17.0 Å². The first kappa shape index (κ1) is 21.6. The quantitative estimate of drug-likeness (QED) is 0.650. The van der Waals surface area contributed by atoms with Crippen LogP contribution in [0.2, 0.25) is 0 Å². The number of sulfonamides is 1. The number of carbonyl (C=O) groups excluding carboxylic acids is 2. The van der Waals surface area contributed by atoms with Crippen LogP contribution in [0.4, 0.5) is 0 Å². The summed E-state index contributed by atoms with van der Waals surface area (Å²) in [4.78, 5) is 24.6. The van der Waals surface area contributed by atoms with Gasteiger partial charge in [0.2, 0.25) is 5.91 Å². The van der Waals surface area contributed by atoms with Crippen LogP contribution in [0.15, 0.2) is 47.4 Å². The normalized spacial score (nSPS) is 14.3. The zero-order chi connectivity index (χ0) is 21.7. The third-order valence-corrected chi connectivity index (χ3v) is 6.33. The topological polar surface area (TPSA) is 102 Å². The van der Waals surface area contributed by atoms with Crippen LogP contribution in [0.1, 0.15) is 29.8 Å². The molecule has 0 spiro atoms. The molecule has 0 fully saturated rings. The molecule has 0 bridgehead atoms. The van der Waals surface area contributed by atoms with Gasteiger partial charge in [0.15, 0.2) is 11.5 Å². The molecular weight excluding hydrogens is 408 g/mol. The van der Waals surface area contributed by atoms with Gasteiger partial charge >= 0.3 is 0 Å². The lowest BCUT2D eigenvalue weighted by Gasteiger charge is -2.15. The summed E-state index contributed by atoms with van der Waals surface area (Å²) < 4.78 is 36.7. The predicted molar refractivity (Wildman–Crippen MR) is 110 cm³/mol. The van der Waals surface area contributed by atoms with Gasteiger partial charge < -0.3 is 14.8 Å². The molecule has 0 aliphatic carbocycles. The number of amides is 2. The van der Waals surface area contributed by atoms with Gasteiger partial charge in [-0.25, -0.2) is 12.7 Å². The van der Waals surface area contributed by atoms with Crippen molar-refractivity contribution in [3.8, 4) is 11.5 Å². The molecule has 0 atom stereocenters. The van der Waals surface area contributed by atoms with Crippen LogP contribution in [0.3, 0.4) is 0 Å². The highest BCUT2D eigenvalue weighted by atomic mass is 32.2. The lowest BCUT2D eigenvalue weighted by molar-refractivity contribution is -0.121. The molecule has 2 amide bonds. The molecule has 9 heteroatoms. The molecule has 3 rings (SSSR count). The Labute approximate surface area is 175 Å². The molecule has 2 aromatic carbocycles. The Morgan fingerprint density at radius 2 is 1.73 bits per heavy atom. The molecule has 0 radical (unpaired) electrons. The van der Waals surface area contributed by atoms with Gasteiger partial charge in [-0.3, -0.25) is 9.59 Å². The molecule has 0 aromatic heterocycles. The lowest BCUT2D eigenvalue weighted by atomic mass is 10.1. The fraction of sp³-hybridized carbons (Fsp3) is 0.333. The van der Waals surface area contributed by atoms with Gasteiger partial charge in [-0.1, -0.05) is 18.2 Å². The Balaban J connectivity index is 1.58. The largest absolute Gasteiger partial charge is 0.490 e. The van der Waals surface area contributed by atoms with Crippen LogP contribution >= 0.6 is 0 Å². The van der Waals surface area contributed by atoms with Crippen molar-refractivity contribution in [1.29, 1.82) is 0 Å². The number of hydrogen-bond donors (Lipinski definition) is 1. The van der Waals surface area contributed by atoms with Crippen LogP contribution < -0.4 is 14.8 Å². The third kappa shape index (κ3) is 4.40. The molecule has 0 unspecified atom stereocenters. The van der Waals surface area contributed by atoms with Gasteiger partial charge in [0.1, 0.15) is 11.4 Å². The molecule has 160 valence electrons. The molecule has 1 aliphatic heterocycles. The molecular formula is C21H24N2O6S. The van der Waals surface area contributed by atoms with E-state index in [2.05, 4.69) is 5.32 Å². The van der Waals surface area contributed by atoms with E-state index in [4.69, 9.17) is 9.47 Å². The van der Waals surface area contributed by atoms with E-state index < -0.39 is 28.4 Å². The van der Waals surface area contributed by atoms with Crippen molar-refractivity contribution >= 4 is 21.8 Å². The average molecular weight is 432 g/mol. The minimum Gasteiger partial charge on any atom is -0.490 e. The maximum atomic E-state index is 12.5. The summed E-state index contributed by atoms with van der Waals surface area (Å²) in [5, 5.41) is 2.67. The van der Waals surface area contributed by atoms with Crippen molar-refractivity contribution in [3.05, 3.63) is 53.6 Å². The van der Waals surface area contributed by atoms with Gasteiger partial charge in [0.25, 0.3) is 15.9 Å². The van der Waals surface area contributed by atoms with E-state index >= 15 is 0 Å². The first-order valence-corrected chi connectivity index (χ1v) is 11.1. The monoisotopic (exact) mass is 432 g/mol. The first-order chi connectivity index (χ1) is 14.4. The van der Waals surface area contributed by atoms with Crippen LogP contribution in [-0.4, -0.2) is 50.8 Å². The Hall–Kier alpha value is -3.07. The van der Waals surface area contributed by atoms with E-state index in [9.17, 15) is 18.0 Å². The summed E-state index contributed by atoms with van der Waals surface area (Å²) in [6.07, 6.45) is 0.513. The van der Waals surface area contributed by atoms with Crippen molar-refractivity contribution in [2.45, 2.75) is 25.2 Å². The van der Waals surface area contributed by atoms with E-state index in [1.807, 2.05) is 32.0 Å². The highest BCUT2D eigenvalue weighted by Gasteiger charge is 2.41. The van der Waals surface area contributed by atoms with Crippen molar-refractivity contribution < 1.29 is 27.5 Å². The zero-order valence-electron chi connectivity index (χ0n) is 16.9. The number of hydrogen-bond acceptors (Lipinski definition) is 6. The SMILES string of the molecule is CCOc1ccc(CCNC(=O)CN2C(=O)c3ccccc3S2(=O)=O)cc1OCC. The highest BCUT2D eigenvalue weighted by Crippen LogP contribution is 2.30. The number of benzene rings is 2. The fourth-order valence-electron chi connectivity index (χ4n) is 3.17. The highest BCUT2D eigenvalue weighted by molar-refractivity contribution is 7.90. The Kier molecular flexibility index (Phi) is 6.61. The molecule has 8 nitrogen and oxygen atoms in total. The second-order valence-corrected chi connectivity index (χ2v) is 8.39. The van der Waals surface area contributed by atoms with Crippen molar-refractivity contribution in [3.63, 3.8) is 0 Å². The van der Waals surface area contributed by atoms with E-state index in [1.165, 1.54) is 12.1 Å². The minimum absolute atomic E-state index is 0.0689. The van der Waals surface area contributed by atoms with Crippen LogP contribution in [0.25, 0.3) is 0 Å². The van der Waals surface area contributed by atoms with Crippen LogP contribution in [0.5, 0.6) is 11.5 Å². The summed E-state index contributed by atoms with van der Waals surface area (Å²) >= 11 is 0. The first-order valence-electron chi connectivity index (χ1n) is 9.69. The number of fused-ring (bicyclic) bond motifs is 1.